The number of unbranched alkanes of at least 4 members (excludes halogenated alkanes) is 2. The average molecular weight is 511 g/mol. The number of hydrogen-bond donors (Lipinski definition) is 2. The van der Waals surface area contributed by atoms with E-state index in [0.717, 1.165) is 68.5 Å². The number of aryl methyl sites for hydroxylation is 1. The molecule has 2 amide bonds. The molecule has 0 saturated carbocycles. The predicted octanol–water partition coefficient (Wildman–Crippen LogP) is 4.59. The van der Waals surface area contributed by atoms with Gasteiger partial charge in [0.1, 0.15) is 11.9 Å². The molecule has 1 atom stereocenters. The molecule has 0 spiro atoms. The fraction of sp³-hybridized carbons (Fsp3) is 0.692. The van der Waals surface area contributed by atoms with Crippen molar-refractivity contribution in [3.63, 3.8) is 0 Å². The van der Waals surface area contributed by atoms with Gasteiger partial charge in [-0.1, -0.05) is 12.5 Å². The number of nitrogens with one attached hydrogen (secondary N) is 1. The minimum Gasteiger partial charge on any atom is -0.441 e. The summed E-state index contributed by atoms with van der Waals surface area (Å²) in [4.78, 5) is 30.9. The molecule has 0 radical (unpaired) electrons. The van der Waals surface area contributed by atoms with Crippen LogP contribution >= 0.6 is 12.6 Å². The van der Waals surface area contributed by atoms with Gasteiger partial charge in [-0.25, -0.2) is 9.59 Å². The molecule has 0 aliphatic rings. The summed E-state index contributed by atoms with van der Waals surface area (Å²) < 4.78 is 11.4. The fourth-order valence-electron chi connectivity index (χ4n) is 3.70. The number of alkyl carbamates (subject to hydrolysis) is 1. The van der Waals surface area contributed by atoms with E-state index in [9.17, 15) is 9.59 Å². The Hall–Kier alpha value is -1.97. The maximum atomic E-state index is 13.0. The molecule has 1 aromatic carbocycles. The number of carbonyl (C=O) groups excluding carboxylic acids is 2. The van der Waals surface area contributed by atoms with Crippen LogP contribution in [-0.4, -0.2) is 94.1 Å². The van der Waals surface area contributed by atoms with Gasteiger partial charge >= 0.3 is 12.2 Å². The van der Waals surface area contributed by atoms with Crippen molar-refractivity contribution in [2.75, 3.05) is 67.2 Å². The van der Waals surface area contributed by atoms with Crippen LogP contribution in [0.5, 0.6) is 5.75 Å². The first-order chi connectivity index (χ1) is 16.7. The first kappa shape index (κ1) is 31.1. The van der Waals surface area contributed by atoms with Gasteiger partial charge in [-0.05, 0) is 109 Å². The summed E-state index contributed by atoms with van der Waals surface area (Å²) in [6.07, 6.45) is 4.35. The molecule has 35 heavy (non-hydrogen) atoms. The molecule has 200 valence electrons. The second-order valence-electron chi connectivity index (χ2n) is 9.41. The average Bonchev–Trinajstić information content (AvgIpc) is 2.80. The zero-order valence-electron chi connectivity index (χ0n) is 22.5. The van der Waals surface area contributed by atoms with E-state index < -0.39 is 6.09 Å². The van der Waals surface area contributed by atoms with Gasteiger partial charge in [0.25, 0.3) is 0 Å². The summed E-state index contributed by atoms with van der Waals surface area (Å²) in [6.45, 7) is 5.02. The molecule has 0 fully saturated rings. The van der Waals surface area contributed by atoms with Crippen LogP contribution in [0.15, 0.2) is 18.2 Å². The highest BCUT2D eigenvalue weighted by Gasteiger charge is 2.20. The summed E-state index contributed by atoms with van der Waals surface area (Å²) in [7, 11) is 9.67. The minimum absolute atomic E-state index is 0.330. The number of amides is 2. The van der Waals surface area contributed by atoms with Gasteiger partial charge in [-0.15, -0.1) is 0 Å². The molecule has 1 N–H and O–H groups in total. The van der Waals surface area contributed by atoms with E-state index in [0.29, 0.717) is 18.8 Å². The van der Waals surface area contributed by atoms with Gasteiger partial charge in [0.15, 0.2) is 0 Å². The molecule has 1 aromatic rings. The van der Waals surface area contributed by atoms with Crippen molar-refractivity contribution in [2.45, 2.75) is 51.6 Å². The van der Waals surface area contributed by atoms with Crippen molar-refractivity contribution in [2.24, 2.45) is 0 Å². The van der Waals surface area contributed by atoms with Crippen LogP contribution in [0.3, 0.4) is 0 Å². The first-order valence-corrected chi connectivity index (χ1v) is 13.2. The van der Waals surface area contributed by atoms with Crippen molar-refractivity contribution < 1.29 is 19.1 Å². The summed E-state index contributed by atoms with van der Waals surface area (Å²) in [5.41, 5.74) is 1.73. The van der Waals surface area contributed by atoms with Crippen LogP contribution in [0.1, 0.15) is 55.8 Å². The Kier molecular flexibility index (Phi) is 15.5. The van der Waals surface area contributed by atoms with Crippen LogP contribution in [0, 0.1) is 6.92 Å². The third-order valence-corrected chi connectivity index (χ3v) is 5.99. The Morgan fingerprint density at radius 1 is 0.943 bits per heavy atom. The number of hydrogen-bond acceptors (Lipinski definition) is 7. The highest BCUT2D eigenvalue weighted by molar-refractivity contribution is 7.80. The van der Waals surface area contributed by atoms with E-state index in [1.807, 2.05) is 47.2 Å². The van der Waals surface area contributed by atoms with Crippen LogP contribution in [-0.2, 0) is 4.74 Å². The molecule has 1 unspecified atom stereocenters. The van der Waals surface area contributed by atoms with E-state index >= 15 is 0 Å². The molecular formula is C26H46N4O4S. The number of nitrogens with zero attached hydrogens (tertiary/aromatic N) is 3. The lowest BCUT2D eigenvalue weighted by Crippen LogP contribution is -2.37. The lowest BCUT2D eigenvalue weighted by molar-refractivity contribution is 0.0926. The Bertz CT molecular complexity index is 747. The molecule has 0 bridgehead atoms. The molecule has 1 rings (SSSR count). The van der Waals surface area contributed by atoms with Crippen molar-refractivity contribution >= 4 is 24.8 Å². The zero-order valence-corrected chi connectivity index (χ0v) is 23.4. The van der Waals surface area contributed by atoms with E-state index in [1.165, 1.54) is 0 Å². The summed E-state index contributed by atoms with van der Waals surface area (Å²) in [6, 6.07) is 5.62. The second kappa shape index (κ2) is 17.5. The number of rotatable bonds is 16. The molecule has 0 aliphatic carbocycles. The summed E-state index contributed by atoms with van der Waals surface area (Å²) >= 11 is 4.26. The minimum atomic E-state index is -0.455. The van der Waals surface area contributed by atoms with Gasteiger partial charge in [0, 0.05) is 20.1 Å². The summed E-state index contributed by atoms with van der Waals surface area (Å²) in [5, 5.41) is 2.52. The molecular weight excluding hydrogens is 464 g/mol. The molecule has 0 saturated heterocycles. The largest absolute Gasteiger partial charge is 0.441 e. The van der Waals surface area contributed by atoms with Gasteiger partial charge in [0.2, 0.25) is 0 Å². The lowest BCUT2D eigenvalue weighted by atomic mass is 10.0. The lowest BCUT2D eigenvalue weighted by Gasteiger charge is -2.24. The molecule has 0 aliphatic heterocycles. The molecule has 0 aromatic heterocycles. The number of benzene rings is 1. The van der Waals surface area contributed by atoms with Crippen molar-refractivity contribution in [1.82, 2.24) is 20.0 Å². The quantitative estimate of drug-likeness (QED) is 0.250. The van der Waals surface area contributed by atoms with Gasteiger partial charge in [0.05, 0.1) is 0 Å². The SMILES string of the molecule is CNC(=O)OC(CCCCCS)c1ccc(OC(=O)N(CCCN(C)C)CCCN(C)C)c(C)c1. The number of carbonyl (C=O) groups is 2. The van der Waals surface area contributed by atoms with Gasteiger partial charge in [-0.3, -0.25) is 0 Å². The first-order valence-electron chi connectivity index (χ1n) is 12.5. The Morgan fingerprint density at radius 3 is 2.09 bits per heavy atom. The van der Waals surface area contributed by atoms with Crippen molar-refractivity contribution in [3.8, 4) is 5.75 Å². The van der Waals surface area contributed by atoms with Crippen LogP contribution in [0.4, 0.5) is 9.59 Å². The fourth-order valence-corrected chi connectivity index (χ4v) is 3.92. The highest BCUT2D eigenvalue weighted by atomic mass is 32.1. The maximum Gasteiger partial charge on any atom is 0.415 e. The summed E-state index contributed by atoms with van der Waals surface area (Å²) in [5.74, 6) is 1.37. The normalized spacial score (nSPS) is 12.0. The van der Waals surface area contributed by atoms with Gasteiger partial charge in [-0.2, -0.15) is 12.6 Å². The Balaban J connectivity index is 2.89. The highest BCUT2D eigenvalue weighted by Crippen LogP contribution is 2.29. The molecule has 9 heteroatoms. The van der Waals surface area contributed by atoms with E-state index in [2.05, 4.69) is 27.7 Å². The van der Waals surface area contributed by atoms with Gasteiger partial charge < -0.3 is 29.5 Å². The topological polar surface area (TPSA) is 74.3 Å². The Morgan fingerprint density at radius 2 is 1.57 bits per heavy atom. The predicted molar refractivity (Wildman–Crippen MR) is 146 cm³/mol. The number of thiol groups is 1. The zero-order chi connectivity index (χ0) is 26.2. The van der Waals surface area contributed by atoms with Crippen LogP contribution in [0.2, 0.25) is 0 Å². The number of ether oxygens (including phenoxy) is 2. The van der Waals surface area contributed by atoms with Crippen LogP contribution in [0.25, 0.3) is 0 Å². The molecule has 0 heterocycles. The maximum absolute atomic E-state index is 13.0. The van der Waals surface area contributed by atoms with E-state index in [-0.39, 0.29) is 12.2 Å². The smallest absolute Gasteiger partial charge is 0.415 e. The molecule has 8 nitrogen and oxygen atoms in total. The third kappa shape index (κ3) is 13.1. The standard InChI is InChI=1S/C26H46N4O4S/c1-21-20-22(24(33-25(31)27-2)12-8-7-9-19-35)13-14-23(21)34-26(32)30(17-10-15-28(3)4)18-11-16-29(5)6/h13-14,20,24,35H,7-12,15-19H2,1-6H3,(H,27,31). The van der Waals surface area contributed by atoms with Crippen molar-refractivity contribution in [3.05, 3.63) is 29.3 Å². The van der Waals surface area contributed by atoms with Crippen molar-refractivity contribution in [1.29, 1.82) is 0 Å². The van der Waals surface area contributed by atoms with E-state index in [1.54, 1.807) is 18.0 Å². The second-order valence-corrected chi connectivity index (χ2v) is 9.86. The third-order valence-electron chi connectivity index (χ3n) is 5.67. The Labute approximate surface area is 217 Å². The van der Waals surface area contributed by atoms with Crippen LogP contribution < -0.4 is 10.1 Å². The van der Waals surface area contributed by atoms with E-state index in [4.69, 9.17) is 9.47 Å². The monoisotopic (exact) mass is 510 g/mol.